The summed E-state index contributed by atoms with van der Waals surface area (Å²) in [6, 6.07) is 0. The maximum absolute atomic E-state index is 11.7. The van der Waals surface area contributed by atoms with E-state index in [0.29, 0.717) is 25.4 Å². The fourth-order valence-corrected chi connectivity index (χ4v) is 1.61. The van der Waals surface area contributed by atoms with E-state index < -0.39 is 5.97 Å². The van der Waals surface area contributed by atoms with Crippen LogP contribution in [0.4, 0.5) is 0 Å². The van der Waals surface area contributed by atoms with Crippen molar-refractivity contribution >= 4 is 11.9 Å². The fourth-order valence-electron chi connectivity index (χ4n) is 1.61. The molecule has 92 valence electrons. The van der Waals surface area contributed by atoms with Crippen molar-refractivity contribution in [1.29, 1.82) is 0 Å². The number of carboxylic acids is 1. The van der Waals surface area contributed by atoms with E-state index >= 15 is 0 Å². The molecule has 0 spiro atoms. The molecule has 0 heterocycles. The molecule has 0 saturated heterocycles. The highest BCUT2D eigenvalue weighted by atomic mass is 16.4. The van der Waals surface area contributed by atoms with Gasteiger partial charge in [0.25, 0.3) is 0 Å². The molecule has 5 nitrogen and oxygen atoms in total. The molecule has 1 rings (SSSR count). The summed E-state index contributed by atoms with van der Waals surface area (Å²) in [6.45, 7) is 1.01. The van der Waals surface area contributed by atoms with Gasteiger partial charge < -0.3 is 15.7 Å². The first-order valence-corrected chi connectivity index (χ1v) is 5.83. The Balaban J connectivity index is 2.33. The van der Waals surface area contributed by atoms with Gasteiger partial charge in [0.2, 0.25) is 5.91 Å². The Morgan fingerprint density at radius 3 is 2.50 bits per heavy atom. The third kappa shape index (κ3) is 5.11. The van der Waals surface area contributed by atoms with Crippen molar-refractivity contribution < 1.29 is 14.7 Å². The van der Waals surface area contributed by atoms with Crippen LogP contribution in [0.3, 0.4) is 0 Å². The Bertz CT molecular complexity index is 252. The van der Waals surface area contributed by atoms with Gasteiger partial charge in [-0.15, -0.1) is 0 Å². The van der Waals surface area contributed by atoms with Gasteiger partial charge in [0.1, 0.15) is 6.54 Å². The molecule has 5 heteroatoms. The maximum Gasteiger partial charge on any atom is 0.323 e. The third-order valence-electron chi connectivity index (χ3n) is 2.70. The summed E-state index contributed by atoms with van der Waals surface area (Å²) in [4.78, 5) is 23.8. The van der Waals surface area contributed by atoms with Crippen LogP contribution >= 0.6 is 0 Å². The van der Waals surface area contributed by atoms with Crippen LogP contribution < -0.4 is 5.73 Å². The second-order valence-corrected chi connectivity index (χ2v) is 4.36. The summed E-state index contributed by atoms with van der Waals surface area (Å²) < 4.78 is 0. The highest BCUT2D eigenvalue weighted by molar-refractivity contribution is 5.81. The number of hydrogen-bond acceptors (Lipinski definition) is 3. The first-order chi connectivity index (χ1) is 7.63. The average molecular weight is 228 g/mol. The minimum absolute atomic E-state index is 0.0530. The van der Waals surface area contributed by atoms with Crippen LogP contribution in [0, 0.1) is 5.92 Å². The van der Waals surface area contributed by atoms with Crippen LogP contribution in [-0.4, -0.2) is 41.5 Å². The molecule has 1 saturated carbocycles. The van der Waals surface area contributed by atoms with E-state index in [1.807, 2.05) is 0 Å². The van der Waals surface area contributed by atoms with Gasteiger partial charge >= 0.3 is 5.97 Å². The summed E-state index contributed by atoms with van der Waals surface area (Å²) in [6.07, 6.45) is 4.21. The largest absolute Gasteiger partial charge is 0.480 e. The Morgan fingerprint density at radius 2 is 2.00 bits per heavy atom. The number of carboxylic acid groups (broad SMARTS) is 1. The van der Waals surface area contributed by atoms with Gasteiger partial charge in [-0.25, -0.2) is 0 Å². The van der Waals surface area contributed by atoms with Crippen molar-refractivity contribution in [2.45, 2.75) is 32.1 Å². The Kier molecular flexibility index (Phi) is 5.25. The molecule has 0 bridgehead atoms. The second kappa shape index (κ2) is 6.48. The number of rotatable bonds is 8. The first kappa shape index (κ1) is 13.0. The van der Waals surface area contributed by atoms with Gasteiger partial charge in [-0.05, 0) is 38.1 Å². The number of unbranched alkanes of at least 4 members (excludes halogenated alkanes) is 1. The molecule has 0 atom stereocenters. The van der Waals surface area contributed by atoms with Crippen molar-refractivity contribution in [1.82, 2.24) is 4.90 Å². The van der Waals surface area contributed by atoms with Crippen molar-refractivity contribution in [2.75, 3.05) is 19.6 Å². The molecule has 16 heavy (non-hydrogen) atoms. The molecule has 3 N–H and O–H groups in total. The standard InChI is InChI=1S/C11H20N2O3/c12-6-2-1-3-10(14)13(8-11(15)16)7-9-4-5-9/h9H,1-8,12H2,(H,15,16). The monoisotopic (exact) mass is 228 g/mol. The summed E-state index contributed by atoms with van der Waals surface area (Å²) >= 11 is 0. The predicted molar refractivity (Wildman–Crippen MR) is 59.8 cm³/mol. The molecule has 0 aliphatic heterocycles. The van der Waals surface area contributed by atoms with E-state index in [4.69, 9.17) is 10.8 Å². The van der Waals surface area contributed by atoms with Crippen LogP contribution in [0.25, 0.3) is 0 Å². The lowest BCUT2D eigenvalue weighted by Crippen LogP contribution is -2.37. The van der Waals surface area contributed by atoms with Gasteiger partial charge in [-0.3, -0.25) is 9.59 Å². The van der Waals surface area contributed by atoms with Gasteiger partial charge in [-0.2, -0.15) is 0 Å². The first-order valence-electron chi connectivity index (χ1n) is 5.83. The van der Waals surface area contributed by atoms with E-state index in [2.05, 4.69) is 0 Å². The fraction of sp³-hybridized carbons (Fsp3) is 0.818. The average Bonchev–Trinajstić information content (AvgIpc) is 3.00. The Morgan fingerprint density at radius 1 is 1.31 bits per heavy atom. The van der Waals surface area contributed by atoms with Crippen molar-refractivity contribution in [3.05, 3.63) is 0 Å². The topological polar surface area (TPSA) is 83.6 Å². The van der Waals surface area contributed by atoms with Crippen LogP contribution in [0.5, 0.6) is 0 Å². The van der Waals surface area contributed by atoms with Crippen LogP contribution in [0.1, 0.15) is 32.1 Å². The molecule has 0 aromatic carbocycles. The molecule has 0 aromatic heterocycles. The molecular formula is C11H20N2O3. The molecular weight excluding hydrogens is 208 g/mol. The predicted octanol–water partition coefficient (Wildman–Crippen LogP) is 0.439. The molecule has 0 unspecified atom stereocenters. The van der Waals surface area contributed by atoms with Crippen LogP contribution in [0.15, 0.2) is 0 Å². The van der Waals surface area contributed by atoms with E-state index in [1.54, 1.807) is 0 Å². The number of carbonyl (C=O) groups is 2. The van der Waals surface area contributed by atoms with E-state index in [-0.39, 0.29) is 12.5 Å². The number of hydrogen-bond donors (Lipinski definition) is 2. The summed E-state index contributed by atoms with van der Waals surface area (Å²) in [7, 11) is 0. The number of nitrogens with two attached hydrogens (primary N) is 1. The molecule has 1 aliphatic carbocycles. The molecule has 1 fully saturated rings. The molecule has 0 radical (unpaired) electrons. The zero-order chi connectivity index (χ0) is 12.0. The maximum atomic E-state index is 11.7. The summed E-state index contributed by atoms with van der Waals surface area (Å²) in [5.74, 6) is -0.464. The van der Waals surface area contributed by atoms with Crippen molar-refractivity contribution in [2.24, 2.45) is 11.7 Å². The number of amides is 1. The highest BCUT2D eigenvalue weighted by Gasteiger charge is 2.27. The lowest BCUT2D eigenvalue weighted by molar-refractivity contribution is -0.144. The number of nitrogens with zero attached hydrogens (tertiary/aromatic N) is 1. The minimum Gasteiger partial charge on any atom is -0.480 e. The number of carbonyl (C=O) groups excluding carboxylic acids is 1. The normalized spacial score (nSPS) is 14.8. The summed E-state index contributed by atoms with van der Waals surface area (Å²) in [5, 5.41) is 8.72. The van der Waals surface area contributed by atoms with Crippen LogP contribution in [0.2, 0.25) is 0 Å². The van der Waals surface area contributed by atoms with Gasteiger partial charge in [-0.1, -0.05) is 0 Å². The molecule has 0 aromatic rings. The zero-order valence-electron chi connectivity index (χ0n) is 9.52. The SMILES string of the molecule is NCCCCC(=O)N(CC(=O)O)CC1CC1. The lowest BCUT2D eigenvalue weighted by atomic mass is 10.2. The van der Waals surface area contributed by atoms with Gasteiger partial charge in [0, 0.05) is 13.0 Å². The minimum atomic E-state index is -0.937. The van der Waals surface area contributed by atoms with Crippen molar-refractivity contribution in [3.8, 4) is 0 Å². The second-order valence-electron chi connectivity index (χ2n) is 4.36. The molecule has 1 amide bonds. The smallest absolute Gasteiger partial charge is 0.323 e. The highest BCUT2D eigenvalue weighted by Crippen LogP contribution is 2.29. The van der Waals surface area contributed by atoms with Crippen LogP contribution in [-0.2, 0) is 9.59 Å². The summed E-state index contributed by atoms with van der Waals surface area (Å²) in [5.41, 5.74) is 5.34. The van der Waals surface area contributed by atoms with Crippen molar-refractivity contribution in [3.63, 3.8) is 0 Å². The lowest BCUT2D eigenvalue weighted by Gasteiger charge is -2.20. The zero-order valence-corrected chi connectivity index (χ0v) is 9.52. The van der Waals surface area contributed by atoms with Gasteiger partial charge in [0.05, 0.1) is 0 Å². The molecule has 1 aliphatic rings. The third-order valence-corrected chi connectivity index (χ3v) is 2.70. The van der Waals surface area contributed by atoms with E-state index in [1.165, 1.54) is 4.90 Å². The number of aliphatic carboxylic acids is 1. The Labute approximate surface area is 95.6 Å². The quantitative estimate of drug-likeness (QED) is 0.590. The van der Waals surface area contributed by atoms with E-state index in [0.717, 1.165) is 25.7 Å². The Hall–Kier alpha value is -1.10. The van der Waals surface area contributed by atoms with E-state index in [9.17, 15) is 9.59 Å². The van der Waals surface area contributed by atoms with Gasteiger partial charge in [0.15, 0.2) is 0 Å².